The van der Waals surface area contributed by atoms with E-state index in [1.54, 1.807) is 16.4 Å². The molecule has 2 saturated heterocycles. The second-order valence-electron chi connectivity index (χ2n) is 8.50. The molecule has 3 heterocycles. The van der Waals surface area contributed by atoms with Crippen molar-refractivity contribution in [1.29, 1.82) is 0 Å². The molecule has 4 nitrogen and oxygen atoms in total. The molecule has 0 amide bonds. The van der Waals surface area contributed by atoms with Gasteiger partial charge >= 0.3 is 0 Å². The summed E-state index contributed by atoms with van der Waals surface area (Å²) in [6.07, 6.45) is 2.96. The average molecular weight is 454 g/mol. The number of fused-ring (bicyclic) bond motifs is 5. The molecular weight excluding hydrogens is 432 g/mol. The summed E-state index contributed by atoms with van der Waals surface area (Å²) in [5.74, 6) is -1.19. The Morgan fingerprint density at radius 3 is 2.60 bits per heavy atom. The second kappa shape index (κ2) is 7.18. The smallest absolute Gasteiger partial charge is 0.214 e. The molecule has 30 heavy (non-hydrogen) atoms. The summed E-state index contributed by atoms with van der Waals surface area (Å²) in [6, 6.07) is 8.71. The minimum Gasteiger partial charge on any atom is -0.488 e. The molecule has 5 rings (SSSR count). The Kier molecular flexibility index (Phi) is 4.84. The van der Waals surface area contributed by atoms with Crippen molar-refractivity contribution in [3.05, 3.63) is 64.2 Å². The number of piperidine rings is 1. The van der Waals surface area contributed by atoms with Crippen LogP contribution in [-0.4, -0.2) is 37.2 Å². The Morgan fingerprint density at radius 2 is 1.83 bits per heavy atom. The number of halogens is 3. The van der Waals surface area contributed by atoms with Gasteiger partial charge in [-0.15, -0.1) is 0 Å². The molecule has 0 unspecified atom stereocenters. The number of rotatable bonds is 2. The molecule has 2 aromatic carbocycles. The predicted molar refractivity (Wildman–Crippen MR) is 110 cm³/mol. The molecule has 0 saturated carbocycles. The molecule has 0 N–H and O–H groups in total. The van der Waals surface area contributed by atoms with Crippen LogP contribution in [0.1, 0.15) is 36.8 Å². The lowest BCUT2D eigenvalue weighted by atomic mass is 9.63. The molecule has 3 atom stereocenters. The summed E-state index contributed by atoms with van der Waals surface area (Å²) in [6.45, 7) is 0.0106. The van der Waals surface area contributed by atoms with Crippen molar-refractivity contribution in [3.63, 3.8) is 0 Å². The van der Waals surface area contributed by atoms with Gasteiger partial charge in [-0.25, -0.2) is 17.2 Å². The van der Waals surface area contributed by atoms with Crippen LogP contribution in [0.5, 0.6) is 5.75 Å². The fourth-order valence-corrected chi connectivity index (χ4v) is 7.79. The lowest BCUT2D eigenvalue weighted by molar-refractivity contribution is 0.0222. The van der Waals surface area contributed by atoms with E-state index in [1.165, 1.54) is 0 Å². The molecule has 8 heteroatoms. The lowest BCUT2D eigenvalue weighted by Gasteiger charge is -2.56. The number of hydrogen-bond acceptors (Lipinski definition) is 3. The molecule has 3 aliphatic heterocycles. The van der Waals surface area contributed by atoms with Gasteiger partial charge in [-0.2, -0.15) is 4.31 Å². The first-order chi connectivity index (χ1) is 14.3. The van der Waals surface area contributed by atoms with Crippen LogP contribution in [0.3, 0.4) is 0 Å². The van der Waals surface area contributed by atoms with Gasteiger partial charge < -0.3 is 4.74 Å². The average Bonchev–Trinajstić information content (AvgIpc) is 2.71. The van der Waals surface area contributed by atoms with E-state index < -0.39 is 33.1 Å². The Bertz CT molecular complexity index is 1090. The van der Waals surface area contributed by atoms with Gasteiger partial charge in [-0.1, -0.05) is 23.7 Å². The Labute approximate surface area is 179 Å². The van der Waals surface area contributed by atoms with Crippen LogP contribution in [-0.2, 0) is 21.9 Å². The monoisotopic (exact) mass is 453 g/mol. The van der Waals surface area contributed by atoms with Gasteiger partial charge in [0.15, 0.2) is 11.6 Å². The normalized spacial score (nSPS) is 30.0. The maximum Gasteiger partial charge on any atom is 0.214 e. The van der Waals surface area contributed by atoms with Gasteiger partial charge in [-0.3, -0.25) is 0 Å². The van der Waals surface area contributed by atoms with Gasteiger partial charge in [0.1, 0.15) is 12.4 Å². The second-order valence-corrected chi connectivity index (χ2v) is 10.9. The minimum atomic E-state index is -3.50. The maximum absolute atomic E-state index is 15.2. The van der Waals surface area contributed by atoms with Crippen molar-refractivity contribution >= 4 is 21.6 Å². The molecule has 2 aromatic rings. The molecule has 0 radical (unpaired) electrons. The third kappa shape index (κ3) is 3.05. The molecule has 2 fully saturated rings. The SMILES string of the molecule is O=S1(=O)CCC[C@@H]2CC[C@@]3(Cc4ccc(Cl)cc4)c4c(F)ccc(F)c4OC[C@H]3N21. The van der Waals surface area contributed by atoms with Crippen molar-refractivity contribution in [3.8, 4) is 5.75 Å². The molecule has 3 aliphatic rings. The minimum absolute atomic E-state index is 0.0106. The summed E-state index contributed by atoms with van der Waals surface area (Å²) < 4.78 is 63.2. The number of hydrogen-bond donors (Lipinski definition) is 0. The van der Waals surface area contributed by atoms with Crippen LogP contribution >= 0.6 is 11.6 Å². The van der Waals surface area contributed by atoms with Crippen LogP contribution in [0.4, 0.5) is 8.78 Å². The van der Waals surface area contributed by atoms with Crippen molar-refractivity contribution in [2.24, 2.45) is 0 Å². The first kappa shape index (κ1) is 20.2. The van der Waals surface area contributed by atoms with Gasteiger partial charge in [-0.05, 0) is 61.9 Å². The van der Waals surface area contributed by atoms with Crippen LogP contribution in [0.15, 0.2) is 36.4 Å². The van der Waals surface area contributed by atoms with E-state index in [1.807, 2.05) is 12.1 Å². The number of sulfonamides is 1. The third-order valence-electron chi connectivity index (χ3n) is 6.86. The zero-order valence-corrected chi connectivity index (χ0v) is 17.9. The summed E-state index contributed by atoms with van der Waals surface area (Å²) in [4.78, 5) is 0. The number of ether oxygens (including phenoxy) is 1. The van der Waals surface area contributed by atoms with E-state index in [0.29, 0.717) is 30.7 Å². The third-order valence-corrected chi connectivity index (χ3v) is 9.12. The lowest BCUT2D eigenvalue weighted by Crippen LogP contribution is -2.66. The highest BCUT2D eigenvalue weighted by Crippen LogP contribution is 2.53. The van der Waals surface area contributed by atoms with Crippen LogP contribution < -0.4 is 4.74 Å². The topological polar surface area (TPSA) is 46.6 Å². The Balaban J connectivity index is 1.71. The number of benzene rings is 2. The first-order valence-electron chi connectivity index (χ1n) is 10.2. The van der Waals surface area contributed by atoms with E-state index >= 15 is 4.39 Å². The highest BCUT2D eigenvalue weighted by atomic mass is 35.5. The molecule has 0 bridgehead atoms. The molecule has 0 spiro atoms. The standard InChI is InChI=1S/C22H22ClF2NO3S/c23-15-5-3-14(4-6-15)12-22-10-9-16-2-1-11-30(27,28)26(16)19(22)13-29-21-18(25)8-7-17(24)20(21)22/h3-8,16,19H,1-2,9-13H2/t16-,19-,22+/m1/s1. The highest BCUT2D eigenvalue weighted by molar-refractivity contribution is 7.89. The van der Waals surface area contributed by atoms with Crippen LogP contribution in [0.2, 0.25) is 5.02 Å². The largest absolute Gasteiger partial charge is 0.488 e. The zero-order valence-electron chi connectivity index (χ0n) is 16.3. The summed E-state index contributed by atoms with van der Waals surface area (Å²) in [7, 11) is -3.50. The van der Waals surface area contributed by atoms with Gasteiger partial charge in [0.05, 0.1) is 11.8 Å². The van der Waals surface area contributed by atoms with E-state index in [9.17, 15) is 12.8 Å². The number of nitrogens with zero attached hydrogens (tertiary/aromatic N) is 1. The van der Waals surface area contributed by atoms with Gasteiger partial charge in [0.2, 0.25) is 10.0 Å². The first-order valence-corrected chi connectivity index (χ1v) is 12.2. The van der Waals surface area contributed by atoms with Crippen molar-refractivity contribution < 1.29 is 21.9 Å². The van der Waals surface area contributed by atoms with Crippen molar-refractivity contribution in [2.75, 3.05) is 12.4 Å². The molecular formula is C22H22ClF2NO3S. The van der Waals surface area contributed by atoms with E-state index in [-0.39, 0.29) is 29.7 Å². The van der Waals surface area contributed by atoms with E-state index in [4.69, 9.17) is 16.3 Å². The summed E-state index contributed by atoms with van der Waals surface area (Å²) >= 11 is 6.03. The maximum atomic E-state index is 15.2. The van der Waals surface area contributed by atoms with E-state index in [0.717, 1.165) is 24.1 Å². The fourth-order valence-electron chi connectivity index (χ4n) is 5.60. The van der Waals surface area contributed by atoms with Crippen molar-refractivity contribution in [2.45, 2.75) is 49.6 Å². The predicted octanol–water partition coefficient (Wildman–Crippen LogP) is 4.45. The molecule has 0 aliphatic carbocycles. The summed E-state index contributed by atoms with van der Waals surface area (Å²) in [5.41, 5.74) is 0.149. The van der Waals surface area contributed by atoms with Crippen molar-refractivity contribution in [1.82, 2.24) is 4.31 Å². The quantitative estimate of drug-likeness (QED) is 0.675. The van der Waals surface area contributed by atoms with Gasteiger partial charge in [0, 0.05) is 22.0 Å². The molecule has 160 valence electrons. The van der Waals surface area contributed by atoms with Crippen LogP contribution in [0.25, 0.3) is 0 Å². The fraction of sp³-hybridized carbons (Fsp3) is 0.455. The zero-order chi connectivity index (χ0) is 21.1. The van der Waals surface area contributed by atoms with Gasteiger partial charge in [0.25, 0.3) is 0 Å². The Hall–Kier alpha value is -1.70. The Morgan fingerprint density at radius 1 is 1.10 bits per heavy atom. The highest BCUT2D eigenvalue weighted by Gasteiger charge is 2.57. The molecule has 0 aromatic heterocycles. The van der Waals surface area contributed by atoms with Crippen LogP contribution in [0, 0.1) is 11.6 Å². The summed E-state index contributed by atoms with van der Waals surface area (Å²) in [5, 5.41) is 0.583. The van der Waals surface area contributed by atoms with E-state index in [2.05, 4.69) is 0 Å².